The second-order valence-corrected chi connectivity index (χ2v) is 18.1. The molecule has 0 aromatic rings. The Morgan fingerprint density at radius 3 is 1.72 bits per heavy atom. The van der Waals surface area contributed by atoms with Gasteiger partial charge < -0.3 is 15.1 Å². The Hall–Kier alpha value is -0.640. The van der Waals surface area contributed by atoms with Crippen LogP contribution >= 0.6 is 20.5 Å². The first-order valence-corrected chi connectivity index (χ1v) is 15.7. The Bertz CT molecular complexity index is 783. The highest BCUT2D eigenvalue weighted by Crippen LogP contribution is 2.49. The molecule has 0 aliphatic heterocycles. The van der Waals surface area contributed by atoms with Crippen LogP contribution in [0.1, 0.15) is 88.0 Å². The van der Waals surface area contributed by atoms with E-state index in [0.29, 0.717) is 17.4 Å². The second kappa shape index (κ2) is 15.0. The highest BCUT2D eigenvalue weighted by Gasteiger charge is 2.33. The Morgan fingerprint density at radius 2 is 1.31 bits per heavy atom. The van der Waals surface area contributed by atoms with Crippen LogP contribution < -0.4 is 10.6 Å². The molecule has 9 nitrogen and oxygen atoms in total. The van der Waals surface area contributed by atoms with Crippen molar-refractivity contribution in [1.29, 1.82) is 0 Å². The SMILES string of the molecule is COP(=O)(OCC[N+](C)(C)C)OC(CNC(=O)CC(C)(C)CC(C)(C)C)CNC(=O)C[C@](C)(S)CC(C)(C)C. The molecular formula is C28H59N3O6PS+. The van der Waals surface area contributed by atoms with Crippen molar-refractivity contribution >= 4 is 32.3 Å². The summed E-state index contributed by atoms with van der Waals surface area (Å²) in [5, 5.41) is 5.74. The Labute approximate surface area is 244 Å². The summed E-state index contributed by atoms with van der Waals surface area (Å²) in [6, 6.07) is 0. The molecule has 0 spiro atoms. The summed E-state index contributed by atoms with van der Waals surface area (Å²) in [7, 11) is 3.31. The lowest BCUT2D eigenvalue weighted by Gasteiger charge is -2.32. The number of phosphoric ester groups is 1. The minimum absolute atomic E-state index is 0.0156. The molecule has 232 valence electrons. The van der Waals surface area contributed by atoms with E-state index in [2.05, 4.69) is 66.0 Å². The topological polar surface area (TPSA) is 103 Å². The molecule has 0 bridgehead atoms. The number of likely N-dealkylation sites (N-methyl/N-ethyl adjacent to an activating group) is 1. The van der Waals surface area contributed by atoms with Crippen LogP contribution in [0, 0.1) is 16.2 Å². The van der Waals surface area contributed by atoms with Crippen LogP contribution in [-0.2, 0) is 27.7 Å². The maximum atomic E-state index is 13.2. The molecule has 0 aliphatic rings. The lowest BCUT2D eigenvalue weighted by molar-refractivity contribution is -0.870. The number of amides is 2. The molecule has 2 N–H and O–H groups in total. The van der Waals surface area contributed by atoms with Crippen LogP contribution in [0.5, 0.6) is 0 Å². The van der Waals surface area contributed by atoms with Crippen LogP contribution in [0.3, 0.4) is 0 Å². The van der Waals surface area contributed by atoms with Crippen molar-refractivity contribution in [1.82, 2.24) is 10.6 Å². The maximum absolute atomic E-state index is 13.2. The quantitative estimate of drug-likeness (QED) is 0.117. The molecule has 2 amide bonds. The minimum Gasteiger partial charge on any atom is -0.353 e. The maximum Gasteiger partial charge on any atom is 0.475 e. The third-order valence-corrected chi connectivity index (χ3v) is 7.49. The fraction of sp³-hybridized carbons (Fsp3) is 0.929. The van der Waals surface area contributed by atoms with Gasteiger partial charge in [0.1, 0.15) is 19.3 Å². The largest absolute Gasteiger partial charge is 0.475 e. The zero-order valence-electron chi connectivity index (χ0n) is 27.0. The van der Waals surface area contributed by atoms with Gasteiger partial charge in [-0.1, -0.05) is 62.3 Å². The predicted molar refractivity (Wildman–Crippen MR) is 163 cm³/mol. The number of nitrogens with zero attached hydrogens (tertiary/aromatic N) is 1. The Kier molecular flexibility index (Phi) is 14.8. The molecule has 0 heterocycles. The molecule has 0 radical (unpaired) electrons. The smallest absolute Gasteiger partial charge is 0.353 e. The highest BCUT2D eigenvalue weighted by atomic mass is 32.1. The van der Waals surface area contributed by atoms with Gasteiger partial charge in [0.25, 0.3) is 0 Å². The third kappa shape index (κ3) is 20.8. The van der Waals surface area contributed by atoms with E-state index in [4.69, 9.17) is 26.2 Å². The third-order valence-electron chi connectivity index (χ3n) is 5.67. The number of hydrogen-bond donors (Lipinski definition) is 3. The number of phosphoric acid groups is 1. The van der Waals surface area contributed by atoms with Crippen molar-refractivity contribution in [2.45, 2.75) is 98.8 Å². The number of quaternary nitrogens is 1. The molecule has 11 heteroatoms. The zero-order chi connectivity index (χ0) is 30.9. The number of hydrogen-bond acceptors (Lipinski definition) is 7. The summed E-state index contributed by atoms with van der Waals surface area (Å²) in [6.07, 6.45) is 1.33. The first kappa shape index (κ1) is 38.4. The molecule has 0 fully saturated rings. The molecule has 0 rings (SSSR count). The molecule has 0 aromatic carbocycles. The molecule has 39 heavy (non-hydrogen) atoms. The summed E-state index contributed by atoms with van der Waals surface area (Å²) >= 11 is 4.71. The Morgan fingerprint density at radius 1 is 0.846 bits per heavy atom. The minimum atomic E-state index is -3.93. The van der Waals surface area contributed by atoms with Crippen LogP contribution in [0.15, 0.2) is 0 Å². The van der Waals surface area contributed by atoms with Gasteiger partial charge in [0.2, 0.25) is 11.8 Å². The molecular weight excluding hydrogens is 537 g/mol. The van der Waals surface area contributed by atoms with Crippen molar-refractivity contribution in [2.24, 2.45) is 16.2 Å². The van der Waals surface area contributed by atoms with E-state index < -0.39 is 18.7 Å². The first-order chi connectivity index (χ1) is 17.3. The van der Waals surface area contributed by atoms with Gasteiger partial charge in [-0.2, -0.15) is 12.6 Å². The molecule has 0 aromatic heterocycles. The van der Waals surface area contributed by atoms with Gasteiger partial charge in [0.05, 0.1) is 21.1 Å². The van der Waals surface area contributed by atoms with Crippen molar-refractivity contribution < 1.29 is 32.2 Å². The van der Waals surface area contributed by atoms with Crippen LogP contribution in [0.2, 0.25) is 0 Å². The summed E-state index contributed by atoms with van der Waals surface area (Å²) in [6.45, 7) is 19.7. The van der Waals surface area contributed by atoms with Crippen LogP contribution in [0.25, 0.3) is 0 Å². The van der Waals surface area contributed by atoms with Gasteiger partial charge in [0, 0.05) is 37.8 Å². The normalized spacial score (nSPS) is 17.2. The average Bonchev–Trinajstić information content (AvgIpc) is 2.64. The van der Waals surface area contributed by atoms with E-state index in [1.807, 2.05) is 28.1 Å². The van der Waals surface area contributed by atoms with E-state index in [1.165, 1.54) is 7.11 Å². The monoisotopic (exact) mass is 596 g/mol. The van der Waals surface area contributed by atoms with Crippen molar-refractivity contribution in [3.63, 3.8) is 0 Å². The Balaban J connectivity index is 5.42. The van der Waals surface area contributed by atoms with Gasteiger partial charge in [-0.15, -0.1) is 0 Å². The van der Waals surface area contributed by atoms with Gasteiger partial charge in [-0.25, -0.2) is 4.57 Å². The van der Waals surface area contributed by atoms with Gasteiger partial charge in [0.15, 0.2) is 0 Å². The number of carbonyl (C=O) groups excluding carboxylic acids is 2. The second-order valence-electron chi connectivity index (χ2n) is 15.3. The summed E-state index contributed by atoms with van der Waals surface area (Å²) in [5.74, 6) is -0.350. The fourth-order valence-electron chi connectivity index (χ4n) is 4.95. The van der Waals surface area contributed by atoms with Gasteiger partial charge >= 0.3 is 7.82 Å². The molecule has 0 aliphatic carbocycles. The fourth-order valence-corrected chi connectivity index (χ4v) is 6.64. The molecule has 3 atom stereocenters. The summed E-state index contributed by atoms with van der Waals surface area (Å²) < 4.78 is 29.8. The predicted octanol–water partition coefficient (Wildman–Crippen LogP) is 5.45. The molecule has 2 unspecified atom stereocenters. The van der Waals surface area contributed by atoms with Crippen LogP contribution in [-0.4, -0.2) is 81.6 Å². The van der Waals surface area contributed by atoms with Gasteiger partial charge in [-0.05, 0) is 29.1 Å². The lowest BCUT2D eigenvalue weighted by Crippen LogP contribution is -2.43. The van der Waals surface area contributed by atoms with E-state index in [9.17, 15) is 14.2 Å². The van der Waals surface area contributed by atoms with Crippen molar-refractivity contribution in [3.8, 4) is 0 Å². The highest BCUT2D eigenvalue weighted by molar-refractivity contribution is 7.81. The molecule has 0 saturated carbocycles. The number of carbonyl (C=O) groups is 2. The zero-order valence-corrected chi connectivity index (χ0v) is 28.8. The van der Waals surface area contributed by atoms with E-state index in [1.54, 1.807) is 0 Å². The van der Waals surface area contributed by atoms with Crippen LogP contribution in [0.4, 0.5) is 0 Å². The average molecular weight is 597 g/mol. The van der Waals surface area contributed by atoms with E-state index >= 15 is 0 Å². The first-order valence-electron chi connectivity index (χ1n) is 13.8. The summed E-state index contributed by atoms with van der Waals surface area (Å²) in [5.41, 5.74) is -0.1000. The lowest BCUT2D eigenvalue weighted by atomic mass is 9.74. The standard InChI is InChI=1S/C28H58N3O6PS/c1-25(2,3)20-27(7,8)16-23(32)29-18-22(37-38(34,35-13)36-15-14-31(10,11)12)19-30-24(33)17-28(9,39)21-26(4,5)6/h22H,14-21H2,1-13H3,(H2-,29,30,32,33,39)/p+1/t22?,28-,38?/m0/s1. The van der Waals surface area contributed by atoms with Crippen molar-refractivity contribution in [3.05, 3.63) is 0 Å². The number of nitrogens with one attached hydrogen (secondary N) is 2. The van der Waals surface area contributed by atoms with Gasteiger partial charge in [-0.3, -0.25) is 23.2 Å². The summed E-state index contributed by atoms with van der Waals surface area (Å²) in [4.78, 5) is 25.6. The van der Waals surface area contributed by atoms with E-state index in [-0.39, 0.29) is 54.2 Å². The number of rotatable bonds is 17. The number of thiol groups is 1. The van der Waals surface area contributed by atoms with Crippen molar-refractivity contribution in [2.75, 3.05) is 54.5 Å². The molecule has 0 saturated heterocycles. The van der Waals surface area contributed by atoms with E-state index in [0.717, 1.165) is 12.8 Å².